The van der Waals surface area contributed by atoms with Gasteiger partial charge in [0, 0.05) is 58.6 Å². The zero-order chi connectivity index (χ0) is 17.6. The normalized spacial score (nSPS) is 18.2. The fourth-order valence-electron chi connectivity index (χ4n) is 3.16. The first-order chi connectivity index (χ1) is 12.2. The van der Waals surface area contributed by atoms with Crippen molar-refractivity contribution in [2.75, 3.05) is 57.3 Å². The zero-order valence-corrected chi connectivity index (χ0v) is 14.2. The Balaban J connectivity index is 1.45. The van der Waals surface area contributed by atoms with E-state index in [2.05, 4.69) is 9.88 Å². The van der Waals surface area contributed by atoms with Crippen LogP contribution in [-0.4, -0.2) is 90.3 Å². The Labute approximate surface area is 147 Å². The number of pyridine rings is 1. The molecule has 1 aromatic heterocycles. The van der Waals surface area contributed by atoms with Crippen molar-refractivity contribution in [2.45, 2.75) is 6.42 Å². The highest BCUT2D eigenvalue weighted by Crippen LogP contribution is 2.13. The van der Waals surface area contributed by atoms with Gasteiger partial charge in [-0.05, 0) is 12.1 Å². The number of nitrogens with zero attached hydrogens (tertiary/aromatic N) is 5. The molecule has 0 N–H and O–H groups in total. The van der Waals surface area contributed by atoms with Gasteiger partial charge in [0.25, 0.3) is 0 Å². The molecule has 1 aromatic rings. The Kier molecular flexibility index (Phi) is 5.47. The molecule has 2 aliphatic rings. The van der Waals surface area contributed by atoms with E-state index in [0.717, 1.165) is 25.3 Å². The quantitative estimate of drug-likeness (QED) is 0.539. The summed E-state index contributed by atoms with van der Waals surface area (Å²) in [7, 11) is 0. The summed E-state index contributed by atoms with van der Waals surface area (Å²) >= 11 is 0. The molecule has 0 spiro atoms. The molecule has 3 rings (SSSR count). The Morgan fingerprint density at radius 2 is 1.52 bits per heavy atom. The minimum Gasteiger partial charge on any atom is -0.353 e. The maximum absolute atomic E-state index is 12.4. The molecular formula is C17H23N5O3. The molecule has 0 bridgehead atoms. The molecule has 134 valence electrons. The molecule has 3 heterocycles. The van der Waals surface area contributed by atoms with E-state index in [0.29, 0.717) is 39.3 Å². The van der Waals surface area contributed by atoms with Crippen molar-refractivity contribution >= 4 is 24.0 Å². The molecule has 0 saturated carbocycles. The number of anilines is 1. The molecule has 8 heteroatoms. The summed E-state index contributed by atoms with van der Waals surface area (Å²) in [6, 6.07) is 5.78. The van der Waals surface area contributed by atoms with Crippen molar-refractivity contribution in [3.63, 3.8) is 0 Å². The second-order valence-electron chi connectivity index (χ2n) is 6.25. The number of carbonyl (C=O) groups is 3. The zero-order valence-electron chi connectivity index (χ0n) is 14.2. The summed E-state index contributed by atoms with van der Waals surface area (Å²) in [5, 5.41) is 0. The van der Waals surface area contributed by atoms with Crippen molar-refractivity contribution < 1.29 is 14.4 Å². The third-order valence-corrected chi connectivity index (χ3v) is 4.72. The molecule has 3 amide bonds. The Morgan fingerprint density at radius 3 is 2.04 bits per heavy atom. The van der Waals surface area contributed by atoms with E-state index in [1.165, 1.54) is 0 Å². The van der Waals surface area contributed by atoms with E-state index in [1.54, 1.807) is 20.9 Å². The Bertz CT molecular complexity index is 608. The molecule has 0 radical (unpaired) electrons. The molecule has 0 unspecified atom stereocenters. The van der Waals surface area contributed by atoms with E-state index >= 15 is 0 Å². The average Bonchev–Trinajstić information content (AvgIpc) is 2.68. The van der Waals surface area contributed by atoms with Crippen LogP contribution in [0.1, 0.15) is 6.42 Å². The first kappa shape index (κ1) is 17.2. The lowest BCUT2D eigenvalue weighted by Gasteiger charge is -2.36. The monoisotopic (exact) mass is 345 g/mol. The van der Waals surface area contributed by atoms with Crippen molar-refractivity contribution in [1.29, 1.82) is 0 Å². The van der Waals surface area contributed by atoms with Gasteiger partial charge in [-0.1, -0.05) is 6.07 Å². The standard InChI is InChI=1S/C17H23N5O3/c23-14-19-5-7-21(8-6-19)16(24)13-17(25)22-11-9-20(10-12-22)15-3-1-2-4-18-15/h1-4,14H,5-13H2. The lowest BCUT2D eigenvalue weighted by atomic mass is 10.2. The smallest absolute Gasteiger partial charge is 0.232 e. The van der Waals surface area contributed by atoms with Crippen molar-refractivity contribution in [1.82, 2.24) is 19.7 Å². The van der Waals surface area contributed by atoms with E-state index < -0.39 is 0 Å². The molecule has 8 nitrogen and oxygen atoms in total. The number of piperazine rings is 2. The molecule has 0 aliphatic carbocycles. The van der Waals surface area contributed by atoms with E-state index in [1.807, 2.05) is 18.2 Å². The number of carbonyl (C=O) groups excluding carboxylic acids is 3. The van der Waals surface area contributed by atoms with Gasteiger partial charge in [-0.2, -0.15) is 0 Å². The predicted molar refractivity (Wildman–Crippen MR) is 91.9 cm³/mol. The van der Waals surface area contributed by atoms with Crippen LogP contribution in [0.25, 0.3) is 0 Å². The van der Waals surface area contributed by atoms with Crippen LogP contribution in [0, 0.1) is 0 Å². The van der Waals surface area contributed by atoms with Gasteiger partial charge in [0.1, 0.15) is 12.2 Å². The fraction of sp³-hybridized carbons (Fsp3) is 0.529. The number of aromatic nitrogens is 1. The van der Waals surface area contributed by atoms with Gasteiger partial charge >= 0.3 is 0 Å². The van der Waals surface area contributed by atoms with E-state index in [-0.39, 0.29) is 18.2 Å². The highest BCUT2D eigenvalue weighted by Gasteiger charge is 2.26. The van der Waals surface area contributed by atoms with Crippen LogP contribution in [0.15, 0.2) is 24.4 Å². The number of amides is 3. The maximum Gasteiger partial charge on any atom is 0.232 e. The minimum absolute atomic E-state index is 0.0926. The highest BCUT2D eigenvalue weighted by atomic mass is 16.2. The number of rotatable bonds is 4. The third-order valence-electron chi connectivity index (χ3n) is 4.72. The van der Waals surface area contributed by atoms with Crippen LogP contribution < -0.4 is 4.90 Å². The molecule has 2 saturated heterocycles. The molecule has 0 aromatic carbocycles. The topological polar surface area (TPSA) is 77.1 Å². The molecule has 2 fully saturated rings. The minimum atomic E-state index is -0.150. The molecule has 2 aliphatic heterocycles. The number of hydrogen-bond acceptors (Lipinski definition) is 5. The van der Waals surface area contributed by atoms with Crippen LogP contribution in [0.5, 0.6) is 0 Å². The largest absolute Gasteiger partial charge is 0.353 e. The van der Waals surface area contributed by atoms with Gasteiger partial charge in [-0.25, -0.2) is 4.98 Å². The van der Waals surface area contributed by atoms with Crippen LogP contribution in [0.4, 0.5) is 5.82 Å². The Hall–Kier alpha value is -2.64. The van der Waals surface area contributed by atoms with Crippen molar-refractivity contribution in [3.05, 3.63) is 24.4 Å². The highest BCUT2D eigenvalue weighted by molar-refractivity contribution is 5.97. The Morgan fingerprint density at radius 1 is 0.920 bits per heavy atom. The van der Waals surface area contributed by atoms with E-state index in [9.17, 15) is 14.4 Å². The summed E-state index contributed by atoms with van der Waals surface area (Å²) in [5.41, 5.74) is 0. The first-order valence-corrected chi connectivity index (χ1v) is 8.58. The van der Waals surface area contributed by atoms with Gasteiger partial charge in [0.15, 0.2) is 0 Å². The van der Waals surface area contributed by atoms with Crippen LogP contribution in [0.3, 0.4) is 0 Å². The first-order valence-electron chi connectivity index (χ1n) is 8.58. The van der Waals surface area contributed by atoms with Gasteiger partial charge in [0.05, 0.1) is 0 Å². The average molecular weight is 345 g/mol. The molecule has 25 heavy (non-hydrogen) atoms. The second kappa shape index (κ2) is 7.96. The summed E-state index contributed by atoms with van der Waals surface area (Å²) in [6.45, 7) is 4.70. The van der Waals surface area contributed by atoms with E-state index in [4.69, 9.17) is 0 Å². The summed E-state index contributed by atoms with van der Waals surface area (Å²) in [4.78, 5) is 46.9. The molecule has 0 atom stereocenters. The maximum atomic E-state index is 12.4. The summed E-state index contributed by atoms with van der Waals surface area (Å²) in [5.74, 6) is 0.643. The van der Waals surface area contributed by atoms with Crippen LogP contribution >= 0.6 is 0 Å². The summed E-state index contributed by atoms with van der Waals surface area (Å²) < 4.78 is 0. The van der Waals surface area contributed by atoms with Gasteiger partial charge in [0.2, 0.25) is 18.2 Å². The van der Waals surface area contributed by atoms with Gasteiger partial charge < -0.3 is 19.6 Å². The molecular weight excluding hydrogens is 322 g/mol. The SMILES string of the molecule is O=CN1CCN(C(=O)CC(=O)N2CCN(c3ccccn3)CC2)CC1. The van der Waals surface area contributed by atoms with Gasteiger partial charge in [-0.15, -0.1) is 0 Å². The number of hydrogen-bond donors (Lipinski definition) is 0. The third kappa shape index (κ3) is 4.26. The predicted octanol–water partition coefficient (Wildman–Crippen LogP) is -0.579. The van der Waals surface area contributed by atoms with Gasteiger partial charge in [-0.3, -0.25) is 14.4 Å². The summed E-state index contributed by atoms with van der Waals surface area (Å²) in [6.07, 6.45) is 2.47. The van der Waals surface area contributed by atoms with Crippen LogP contribution in [-0.2, 0) is 14.4 Å². The lowest BCUT2D eigenvalue weighted by molar-refractivity contribution is -0.142. The van der Waals surface area contributed by atoms with Crippen molar-refractivity contribution in [2.24, 2.45) is 0 Å². The second-order valence-corrected chi connectivity index (χ2v) is 6.25. The van der Waals surface area contributed by atoms with Crippen LogP contribution in [0.2, 0.25) is 0 Å². The van der Waals surface area contributed by atoms with Crippen molar-refractivity contribution in [3.8, 4) is 0 Å². The lowest BCUT2D eigenvalue weighted by Crippen LogP contribution is -2.51. The fourth-order valence-corrected chi connectivity index (χ4v) is 3.16.